The van der Waals surface area contributed by atoms with Crippen LogP contribution in [0.3, 0.4) is 0 Å². The lowest BCUT2D eigenvalue weighted by atomic mass is 10.1. The highest BCUT2D eigenvalue weighted by Gasteiger charge is 2.31. The first kappa shape index (κ1) is 23.1. The number of rotatable bonds is 5. The molecule has 1 aromatic heterocycles. The Hall–Kier alpha value is -3.06. The number of aromatic nitrogens is 1. The average molecular weight is 456 g/mol. The van der Waals surface area contributed by atoms with Crippen molar-refractivity contribution in [2.45, 2.75) is 33.0 Å². The molecule has 0 bridgehead atoms. The van der Waals surface area contributed by atoms with Crippen LogP contribution in [0, 0.1) is 13.8 Å². The fourth-order valence-electron chi connectivity index (χ4n) is 4.49. The third-order valence-corrected chi connectivity index (χ3v) is 6.28. The summed E-state index contributed by atoms with van der Waals surface area (Å²) in [6.45, 7) is 7.47. The van der Waals surface area contributed by atoms with Gasteiger partial charge >= 0.3 is 6.18 Å². The fraction of sp³-hybridized carbons (Fsp3) is 0.346. The second-order valence-corrected chi connectivity index (χ2v) is 8.60. The zero-order chi connectivity index (χ0) is 23.6. The number of amides is 1. The molecule has 4 nitrogen and oxygen atoms in total. The highest BCUT2D eigenvalue weighted by Crippen LogP contribution is 2.31. The van der Waals surface area contributed by atoms with Crippen molar-refractivity contribution < 1.29 is 18.0 Å². The van der Waals surface area contributed by atoms with Crippen LogP contribution in [0.1, 0.15) is 28.1 Å². The van der Waals surface area contributed by atoms with Crippen molar-refractivity contribution in [1.29, 1.82) is 0 Å². The van der Waals surface area contributed by atoms with E-state index in [2.05, 4.69) is 4.90 Å². The zero-order valence-electron chi connectivity index (χ0n) is 18.9. The lowest BCUT2D eigenvalue weighted by Crippen LogP contribution is -2.48. The number of nitrogens with zero attached hydrogens (tertiary/aromatic N) is 3. The molecule has 33 heavy (non-hydrogen) atoms. The minimum absolute atomic E-state index is 0.142. The lowest BCUT2D eigenvalue weighted by molar-refractivity contribution is -0.137. The van der Waals surface area contributed by atoms with E-state index < -0.39 is 11.7 Å². The minimum Gasteiger partial charge on any atom is -0.340 e. The Morgan fingerprint density at radius 3 is 2.27 bits per heavy atom. The third-order valence-electron chi connectivity index (χ3n) is 6.28. The Balaban J connectivity index is 1.40. The highest BCUT2D eigenvalue weighted by atomic mass is 19.4. The van der Waals surface area contributed by atoms with E-state index in [0.29, 0.717) is 31.7 Å². The normalized spacial score (nSPS) is 15.1. The van der Waals surface area contributed by atoms with E-state index in [1.54, 1.807) is 6.07 Å². The van der Waals surface area contributed by atoms with Crippen LogP contribution in [0.4, 0.5) is 13.2 Å². The van der Waals surface area contributed by atoms with Gasteiger partial charge in [0.2, 0.25) is 5.91 Å². The molecule has 0 atom stereocenters. The van der Waals surface area contributed by atoms with E-state index in [9.17, 15) is 18.0 Å². The van der Waals surface area contributed by atoms with Crippen LogP contribution in [-0.4, -0.2) is 46.5 Å². The first-order chi connectivity index (χ1) is 15.7. The first-order valence-corrected chi connectivity index (χ1v) is 11.1. The predicted molar refractivity (Wildman–Crippen MR) is 122 cm³/mol. The molecule has 1 fully saturated rings. The molecular formula is C26H28F3N3O. The quantitative estimate of drug-likeness (QED) is 0.542. The van der Waals surface area contributed by atoms with Crippen molar-refractivity contribution in [2.75, 3.05) is 26.2 Å². The van der Waals surface area contributed by atoms with Gasteiger partial charge in [-0.1, -0.05) is 36.4 Å². The van der Waals surface area contributed by atoms with Gasteiger partial charge in [0, 0.05) is 49.8 Å². The van der Waals surface area contributed by atoms with E-state index in [4.69, 9.17) is 0 Å². The van der Waals surface area contributed by atoms with Crippen molar-refractivity contribution in [2.24, 2.45) is 0 Å². The maximum absolute atomic E-state index is 13.2. The van der Waals surface area contributed by atoms with E-state index >= 15 is 0 Å². The lowest BCUT2D eigenvalue weighted by Gasteiger charge is -2.34. The molecule has 0 unspecified atom stereocenters. The number of hydrogen-bond donors (Lipinski definition) is 0. The smallest absolute Gasteiger partial charge is 0.340 e. The molecule has 0 N–H and O–H groups in total. The van der Waals surface area contributed by atoms with Gasteiger partial charge in [-0.3, -0.25) is 9.69 Å². The van der Waals surface area contributed by atoms with E-state index in [-0.39, 0.29) is 5.91 Å². The number of halogens is 3. The summed E-state index contributed by atoms with van der Waals surface area (Å²) in [5.41, 5.74) is 3.82. The molecule has 2 aromatic carbocycles. The maximum atomic E-state index is 13.2. The van der Waals surface area contributed by atoms with Gasteiger partial charge in [-0.05, 0) is 49.2 Å². The molecule has 1 saturated heterocycles. The summed E-state index contributed by atoms with van der Waals surface area (Å²) in [6.07, 6.45) is -3.95. The molecule has 0 radical (unpaired) electrons. The Morgan fingerprint density at radius 2 is 1.61 bits per heavy atom. The molecule has 7 heteroatoms. The van der Waals surface area contributed by atoms with Gasteiger partial charge in [-0.15, -0.1) is 0 Å². The van der Waals surface area contributed by atoms with Crippen molar-refractivity contribution in [3.63, 3.8) is 0 Å². The van der Waals surface area contributed by atoms with Gasteiger partial charge in [0.1, 0.15) is 0 Å². The molecule has 1 aliphatic heterocycles. The van der Waals surface area contributed by atoms with Crippen LogP contribution in [-0.2, 0) is 23.9 Å². The van der Waals surface area contributed by atoms with Crippen molar-refractivity contribution in [3.05, 3.63) is 88.7 Å². The standard InChI is InChI=1S/C26H28F3N3O/c1-19-15-22(20(2)32(19)24-10-6-9-23(17-24)26(27,28)29)18-30-11-13-31(14-12-30)25(33)16-21-7-4-3-5-8-21/h3-10,15,17H,11-14,16,18H2,1-2H3. The summed E-state index contributed by atoms with van der Waals surface area (Å²) in [6, 6.07) is 17.2. The Labute approximate surface area is 192 Å². The third kappa shape index (κ3) is 5.30. The maximum Gasteiger partial charge on any atom is 0.416 e. The molecule has 4 rings (SSSR count). The zero-order valence-corrected chi connectivity index (χ0v) is 18.9. The molecule has 3 aromatic rings. The number of hydrogen-bond acceptors (Lipinski definition) is 2. The van der Waals surface area contributed by atoms with Crippen LogP contribution < -0.4 is 0 Å². The van der Waals surface area contributed by atoms with Crippen LogP contribution in [0.5, 0.6) is 0 Å². The number of carbonyl (C=O) groups excluding carboxylic acids is 1. The van der Waals surface area contributed by atoms with Gasteiger partial charge in [0.25, 0.3) is 0 Å². The van der Waals surface area contributed by atoms with Gasteiger partial charge < -0.3 is 9.47 Å². The number of benzene rings is 2. The topological polar surface area (TPSA) is 28.5 Å². The molecule has 174 valence electrons. The van der Waals surface area contributed by atoms with Crippen LogP contribution >= 0.6 is 0 Å². The highest BCUT2D eigenvalue weighted by molar-refractivity contribution is 5.78. The number of alkyl halides is 3. The summed E-state index contributed by atoms with van der Waals surface area (Å²) >= 11 is 0. The van der Waals surface area contributed by atoms with Gasteiger partial charge in [-0.25, -0.2) is 0 Å². The summed E-state index contributed by atoms with van der Waals surface area (Å²) in [5, 5.41) is 0. The van der Waals surface area contributed by atoms with E-state index in [1.807, 2.05) is 59.7 Å². The van der Waals surface area contributed by atoms with E-state index in [0.717, 1.165) is 41.7 Å². The first-order valence-electron chi connectivity index (χ1n) is 11.1. The van der Waals surface area contributed by atoms with E-state index in [1.165, 1.54) is 12.1 Å². The molecule has 2 heterocycles. The van der Waals surface area contributed by atoms with Crippen molar-refractivity contribution >= 4 is 5.91 Å². The van der Waals surface area contributed by atoms with Crippen molar-refractivity contribution in [3.8, 4) is 5.69 Å². The van der Waals surface area contributed by atoms with Gasteiger partial charge in [0.05, 0.1) is 12.0 Å². The average Bonchev–Trinajstić information content (AvgIpc) is 3.07. The SMILES string of the molecule is Cc1cc(CN2CCN(C(=O)Cc3ccccc3)CC2)c(C)n1-c1cccc(C(F)(F)F)c1. The fourth-order valence-corrected chi connectivity index (χ4v) is 4.49. The Bertz CT molecular complexity index is 1110. The summed E-state index contributed by atoms with van der Waals surface area (Å²) < 4.78 is 41.4. The second kappa shape index (κ2) is 9.43. The molecular weight excluding hydrogens is 427 g/mol. The van der Waals surface area contributed by atoms with Crippen LogP contribution in [0.25, 0.3) is 5.69 Å². The number of aryl methyl sites for hydroxylation is 1. The largest absolute Gasteiger partial charge is 0.416 e. The number of carbonyl (C=O) groups is 1. The van der Waals surface area contributed by atoms with Crippen LogP contribution in [0.15, 0.2) is 60.7 Å². The minimum atomic E-state index is -4.37. The van der Waals surface area contributed by atoms with Gasteiger partial charge in [0.15, 0.2) is 0 Å². The van der Waals surface area contributed by atoms with Gasteiger partial charge in [-0.2, -0.15) is 13.2 Å². The van der Waals surface area contributed by atoms with Crippen LogP contribution in [0.2, 0.25) is 0 Å². The number of piperazine rings is 1. The molecule has 0 spiro atoms. The Morgan fingerprint density at radius 1 is 0.909 bits per heavy atom. The Kier molecular flexibility index (Phi) is 6.61. The summed E-state index contributed by atoms with van der Waals surface area (Å²) in [7, 11) is 0. The summed E-state index contributed by atoms with van der Waals surface area (Å²) in [4.78, 5) is 16.8. The monoisotopic (exact) mass is 455 g/mol. The molecule has 0 aliphatic carbocycles. The summed E-state index contributed by atoms with van der Waals surface area (Å²) in [5.74, 6) is 0.142. The molecule has 1 aliphatic rings. The van der Waals surface area contributed by atoms with Crippen molar-refractivity contribution in [1.82, 2.24) is 14.4 Å². The molecule has 1 amide bonds. The predicted octanol–water partition coefficient (Wildman–Crippen LogP) is 5.00. The molecule has 0 saturated carbocycles. The second-order valence-electron chi connectivity index (χ2n) is 8.60.